The lowest BCUT2D eigenvalue weighted by atomic mass is 9.74. The minimum atomic E-state index is -2.85. The predicted octanol–water partition coefficient (Wildman–Crippen LogP) is 4.96. The van der Waals surface area contributed by atoms with Crippen LogP contribution in [0.5, 0.6) is 5.75 Å². The molecule has 0 spiro atoms. The van der Waals surface area contributed by atoms with Gasteiger partial charge in [-0.3, -0.25) is 9.59 Å². The molecular weight excluding hydrogens is 594 g/mol. The normalized spacial score (nSPS) is 23.4. The number of hydrogen-bond acceptors (Lipinski definition) is 6. The Morgan fingerprint density at radius 3 is 2.56 bits per heavy atom. The van der Waals surface area contributed by atoms with Crippen molar-refractivity contribution in [1.82, 2.24) is 20.4 Å². The summed E-state index contributed by atoms with van der Waals surface area (Å²) in [6, 6.07) is 5.16. The third kappa shape index (κ3) is 5.07. The predicted molar refractivity (Wildman–Crippen MR) is 156 cm³/mol. The van der Waals surface area contributed by atoms with Crippen LogP contribution in [0.25, 0.3) is 10.9 Å². The number of methoxy groups -OCH3 is 1. The summed E-state index contributed by atoms with van der Waals surface area (Å²) in [4.78, 5) is 26.1. The summed E-state index contributed by atoms with van der Waals surface area (Å²) in [6.45, 7) is 2.44. The van der Waals surface area contributed by atoms with Gasteiger partial charge in [-0.05, 0) is 81.0 Å². The number of rotatable bonds is 9. The van der Waals surface area contributed by atoms with E-state index in [4.69, 9.17) is 15.2 Å². The lowest BCUT2D eigenvalue weighted by Gasteiger charge is -2.41. The maximum Gasteiger partial charge on any atom is 0.333 e. The zero-order valence-corrected chi connectivity index (χ0v) is 25.1. The molecule has 3 aromatic rings. The number of dihydropyridines is 1. The molecule has 2 aromatic carbocycles. The van der Waals surface area contributed by atoms with Crippen LogP contribution in [0.4, 0.5) is 17.6 Å². The third-order valence-electron chi connectivity index (χ3n) is 9.19. The van der Waals surface area contributed by atoms with E-state index in [9.17, 15) is 27.2 Å². The van der Waals surface area contributed by atoms with Gasteiger partial charge < -0.3 is 25.8 Å². The van der Waals surface area contributed by atoms with E-state index in [-0.39, 0.29) is 41.8 Å². The van der Waals surface area contributed by atoms with Gasteiger partial charge in [-0.2, -0.15) is 13.9 Å². The van der Waals surface area contributed by atoms with Crippen molar-refractivity contribution in [3.63, 3.8) is 0 Å². The van der Waals surface area contributed by atoms with Gasteiger partial charge in [-0.25, -0.2) is 13.5 Å². The molecule has 3 atom stereocenters. The highest BCUT2D eigenvalue weighted by molar-refractivity contribution is 5.99. The van der Waals surface area contributed by atoms with E-state index < -0.39 is 41.0 Å². The van der Waals surface area contributed by atoms with Crippen molar-refractivity contribution in [2.24, 2.45) is 23.0 Å². The number of amides is 2. The number of nitrogens with two attached hydrogens (primary N) is 1. The number of nitrogens with one attached hydrogen (secondary N) is 2. The molecule has 1 unspecified atom stereocenters. The number of carbonyl (C=O) groups is 2. The summed E-state index contributed by atoms with van der Waals surface area (Å²) in [6.07, 6.45) is 4.76. The number of ether oxygens (including phenoxy) is 2. The second-order valence-electron chi connectivity index (χ2n) is 12.3. The van der Waals surface area contributed by atoms with Gasteiger partial charge in [0.15, 0.2) is 11.6 Å². The number of nitrogens with zero attached hydrogens (tertiary/aromatic N) is 2. The van der Waals surface area contributed by atoms with Crippen molar-refractivity contribution in [2.75, 3.05) is 20.3 Å². The van der Waals surface area contributed by atoms with Gasteiger partial charge >= 0.3 is 6.55 Å². The summed E-state index contributed by atoms with van der Waals surface area (Å²) < 4.78 is 67.2. The van der Waals surface area contributed by atoms with Crippen LogP contribution in [0.2, 0.25) is 0 Å². The molecule has 13 heteroatoms. The molecule has 45 heavy (non-hydrogen) atoms. The largest absolute Gasteiger partial charge is 0.494 e. The Balaban J connectivity index is 1.35. The Hall–Kier alpha value is -4.55. The first-order chi connectivity index (χ1) is 21.3. The van der Waals surface area contributed by atoms with Crippen molar-refractivity contribution in [3.8, 4) is 5.75 Å². The molecule has 4 N–H and O–H groups in total. The number of allylic oxidation sites excluding steroid dienone is 1. The lowest BCUT2D eigenvalue weighted by Crippen LogP contribution is -2.48. The lowest BCUT2D eigenvalue weighted by molar-refractivity contribution is -0.125. The van der Waals surface area contributed by atoms with Crippen LogP contribution in [0.15, 0.2) is 53.6 Å². The van der Waals surface area contributed by atoms with Crippen molar-refractivity contribution in [1.29, 1.82) is 0 Å². The highest BCUT2D eigenvalue weighted by Crippen LogP contribution is 2.51. The van der Waals surface area contributed by atoms with Crippen molar-refractivity contribution in [2.45, 2.75) is 45.7 Å². The number of fused-ring (bicyclic) bond motifs is 1. The highest BCUT2D eigenvalue weighted by atomic mass is 19.3. The Kier molecular flexibility index (Phi) is 7.32. The molecular formula is C32H33F4N5O4. The fourth-order valence-electron chi connectivity index (χ4n) is 6.42. The molecule has 3 heterocycles. The zero-order valence-electron chi connectivity index (χ0n) is 25.1. The topological polar surface area (TPSA) is 121 Å². The van der Waals surface area contributed by atoms with Crippen LogP contribution in [-0.2, 0) is 15.1 Å². The Labute approximate surface area is 256 Å². The third-order valence-corrected chi connectivity index (χ3v) is 9.19. The summed E-state index contributed by atoms with van der Waals surface area (Å²) in [5.41, 5.74) is 6.02. The standard InChI is InChI=1S/C32H33F4N5O4/c1-15-7-22(33)23(34)10-20(15)32(3)27-21(31(2,14-45-27)29(37)43)11-24(39-32)19(16-5-6-16)12-38-28(42)17-8-18-13-41(30(35)36)40-26(18)25(9-17)44-4/h7-11,13,16,19,30,39H,5-6,12,14H2,1-4H3,(H2,37,43)(H,38,42)/t19-,31-,32?/m0/s1. The second kappa shape index (κ2) is 10.8. The van der Waals surface area contributed by atoms with E-state index in [0.29, 0.717) is 38.2 Å². The molecule has 1 aromatic heterocycles. The van der Waals surface area contributed by atoms with Gasteiger partial charge in [0.1, 0.15) is 34.6 Å². The average molecular weight is 628 g/mol. The fourth-order valence-corrected chi connectivity index (χ4v) is 6.42. The van der Waals surface area contributed by atoms with Crippen molar-refractivity contribution >= 4 is 22.7 Å². The van der Waals surface area contributed by atoms with Gasteiger partial charge in [0.2, 0.25) is 5.91 Å². The van der Waals surface area contributed by atoms with Gasteiger partial charge in [0.25, 0.3) is 5.91 Å². The summed E-state index contributed by atoms with van der Waals surface area (Å²) in [5.74, 6) is -2.54. The monoisotopic (exact) mass is 627 g/mol. The maximum absolute atomic E-state index is 14.6. The van der Waals surface area contributed by atoms with Gasteiger partial charge in [0.05, 0.1) is 7.11 Å². The molecule has 0 radical (unpaired) electrons. The molecule has 3 aliphatic rings. The number of aryl methyl sites for hydroxylation is 1. The van der Waals surface area contributed by atoms with E-state index in [1.165, 1.54) is 19.2 Å². The van der Waals surface area contributed by atoms with E-state index >= 15 is 0 Å². The zero-order chi connectivity index (χ0) is 32.4. The maximum atomic E-state index is 14.6. The number of primary amides is 1. The molecule has 0 saturated heterocycles. The number of benzene rings is 2. The van der Waals surface area contributed by atoms with E-state index in [0.717, 1.165) is 31.2 Å². The molecule has 0 bridgehead atoms. The van der Waals surface area contributed by atoms with Crippen LogP contribution in [0, 0.1) is 35.8 Å². The SMILES string of the molecule is COc1cc(C(=O)NC[C@H](C2=CC3=C(OC[C@]3(C)C(N)=O)C(C)(c3cc(F)c(F)cc3C)N2)C2CC2)cc2cn(C(F)F)nc12. The van der Waals surface area contributed by atoms with E-state index in [2.05, 4.69) is 15.7 Å². The molecule has 1 aliphatic carbocycles. The summed E-state index contributed by atoms with van der Waals surface area (Å²) >= 11 is 0. The molecule has 6 rings (SSSR count). The second-order valence-corrected chi connectivity index (χ2v) is 12.3. The minimum Gasteiger partial charge on any atom is -0.494 e. The molecule has 238 valence electrons. The number of aromatic nitrogens is 2. The van der Waals surface area contributed by atoms with Crippen LogP contribution in [-0.4, -0.2) is 41.9 Å². The molecule has 2 amide bonds. The fraction of sp³-hybridized carbons (Fsp3) is 0.406. The first-order valence-electron chi connectivity index (χ1n) is 14.5. The van der Waals surface area contributed by atoms with Gasteiger partial charge in [0, 0.05) is 40.9 Å². The number of alkyl halides is 2. The average Bonchev–Trinajstić information content (AvgIpc) is 3.62. The molecule has 2 aliphatic heterocycles. The van der Waals surface area contributed by atoms with Gasteiger partial charge in [-0.1, -0.05) is 0 Å². The Bertz CT molecular complexity index is 1800. The highest BCUT2D eigenvalue weighted by Gasteiger charge is 2.52. The molecule has 1 saturated carbocycles. The van der Waals surface area contributed by atoms with Gasteiger partial charge in [-0.15, -0.1) is 0 Å². The van der Waals surface area contributed by atoms with Crippen LogP contribution in [0.3, 0.4) is 0 Å². The van der Waals surface area contributed by atoms with Crippen LogP contribution < -0.4 is 21.1 Å². The van der Waals surface area contributed by atoms with Crippen LogP contribution in [0.1, 0.15) is 54.7 Å². The Morgan fingerprint density at radius 1 is 1.20 bits per heavy atom. The number of halogens is 4. The summed E-state index contributed by atoms with van der Waals surface area (Å²) in [5, 5.41) is 10.6. The molecule has 1 fully saturated rings. The van der Waals surface area contributed by atoms with E-state index in [1.807, 2.05) is 6.08 Å². The molecule has 9 nitrogen and oxygen atoms in total. The number of hydrogen-bond donors (Lipinski definition) is 3. The Morgan fingerprint density at radius 2 is 1.91 bits per heavy atom. The number of carbonyl (C=O) groups excluding carboxylic acids is 2. The van der Waals surface area contributed by atoms with E-state index in [1.54, 1.807) is 20.8 Å². The van der Waals surface area contributed by atoms with Crippen molar-refractivity contribution in [3.05, 3.63) is 81.9 Å². The van der Waals surface area contributed by atoms with Crippen molar-refractivity contribution < 1.29 is 36.6 Å². The minimum absolute atomic E-state index is 0.0198. The smallest absolute Gasteiger partial charge is 0.333 e. The first kappa shape index (κ1) is 30.5. The summed E-state index contributed by atoms with van der Waals surface area (Å²) in [7, 11) is 1.36. The first-order valence-corrected chi connectivity index (χ1v) is 14.5. The quantitative estimate of drug-likeness (QED) is 0.289. The van der Waals surface area contributed by atoms with Crippen LogP contribution >= 0.6 is 0 Å².